The van der Waals surface area contributed by atoms with E-state index in [4.69, 9.17) is 0 Å². The fourth-order valence-corrected chi connectivity index (χ4v) is 0.366. The molecule has 0 aliphatic rings. The van der Waals surface area contributed by atoms with Crippen molar-refractivity contribution in [1.82, 2.24) is 5.32 Å². The predicted molar refractivity (Wildman–Crippen MR) is 42.2 cm³/mol. The third-order valence-corrected chi connectivity index (χ3v) is 0.922. The first-order valence-corrected chi connectivity index (χ1v) is 2.97. The zero-order valence-electron chi connectivity index (χ0n) is 6.02. The van der Waals surface area contributed by atoms with Gasteiger partial charge in [0.25, 0.3) is 0 Å². The molecule has 0 fully saturated rings. The minimum Gasteiger partial charge on any atom is -0.389 e. The second-order valence-electron chi connectivity index (χ2n) is 1.66. The molecule has 0 saturated carbocycles. The Bertz CT molecular complexity index is 132. The van der Waals surface area contributed by atoms with Gasteiger partial charge in [-0.2, -0.15) is 0 Å². The SMILES string of the molecule is C=C(/C=C\C=C/C)NC. The lowest BCUT2D eigenvalue weighted by molar-refractivity contribution is 1.04. The summed E-state index contributed by atoms with van der Waals surface area (Å²) < 4.78 is 0. The molecule has 0 radical (unpaired) electrons. The fraction of sp³-hybridized carbons (Fsp3) is 0.250. The highest BCUT2D eigenvalue weighted by Crippen LogP contribution is 1.84. The summed E-state index contributed by atoms with van der Waals surface area (Å²) in [6.45, 7) is 5.69. The van der Waals surface area contributed by atoms with Crippen molar-refractivity contribution in [2.75, 3.05) is 7.05 Å². The van der Waals surface area contributed by atoms with E-state index in [2.05, 4.69) is 11.9 Å². The molecule has 0 bridgehead atoms. The molecule has 0 heterocycles. The molecule has 0 aromatic carbocycles. The summed E-state index contributed by atoms with van der Waals surface area (Å²) >= 11 is 0. The molecule has 0 aliphatic carbocycles. The van der Waals surface area contributed by atoms with Crippen LogP contribution < -0.4 is 5.32 Å². The van der Waals surface area contributed by atoms with Crippen LogP contribution in [0.15, 0.2) is 36.6 Å². The van der Waals surface area contributed by atoms with Crippen molar-refractivity contribution in [3.05, 3.63) is 36.6 Å². The summed E-state index contributed by atoms with van der Waals surface area (Å²) in [5.41, 5.74) is 0.924. The van der Waals surface area contributed by atoms with E-state index in [9.17, 15) is 0 Å². The molecule has 0 aromatic rings. The van der Waals surface area contributed by atoms with Gasteiger partial charge in [0, 0.05) is 12.7 Å². The molecule has 0 unspecified atom stereocenters. The number of hydrogen-bond acceptors (Lipinski definition) is 1. The van der Waals surface area contributed by atoms with E-state index in [0.717, 1.165) is 5.70 Å². The molecule has 0 rings (SSSR count). The fourth-order valence-electron chi connectivity index (χ4n) is 0.366. The topological polar surface area (TPSA) is 12.0 Å². The molecule has 0 aromatic heterocycles. The molecule has 50 valence electrons. The lowest BCUT2D eigenvalue weighted by Gasteiger charge is -1.92. The Morgan fingerprint density at radius 2 is 2.11 bits per heavy atom. The highest BCUT2D eigenvalue weighted by atomic mass is 14.8. The van der Waals surface area contributed by atoms with Gasteiger partial charge in [0.2, 0.25) is 0 Å². The van der Waals surface area contributed by atoms with Gasteiger partial charge in [-0.15, -0.1) is 0 Å². The third-order valence-electron chi connectivity index (χ3n) is 0.922. The lowest BCUT2D eigenvalue weighted by atomic mass is 10.4. The predicted octanol–water partition coefficient (Wildman–Crippen LogP) is 1.85. The van der Waals surface area contributed by atoms with Crippen LogP contribution in [-0.4, -0.2) is 7.05 Å². The molecule has 0 amide bonds. The molecule has 9 heavy (non-hydrogen) atoms. The minimum atomic E-state index is 0.924. The first-order valence-electron chi connectivity index (χ1n) is 2.97. The quantitative estimate of drug-likeness (QED) is 0.565. The largest absolute Gasteiger partial charge is 0.389 e. The summed E-state index contributed by atoms with van der Waals surface area (Å²) in [4.78, 5) is 0. The standard InChI is InChI=1S/C8H13N/c1-4-5-6-7-8(2)9-3/h4-7,9H,2H2,1,3H3/b5-4-,7-6-. The molecule has 0 saturated heterocycles. The van der Waals surface area contributed by atoms with Crippen molar-refractivity contribution in [1.29, 1.82) is 0 Å². The molecular formula is C8H13N. The first-order chi connectivity index (χ1) is 4.31. The first kappa shape index (κ1) is 8.02. The van der Waals surface area contributed by atoms with Crippen molar-refractivity contribution in [2.24, 2.45) is 0 Å². The highest BCUT2D eigenvalue weighted by molar-refractivity contribution is 5.16. The van der Waals surface area contributed by atoms with Crippen LogP contribution in [0.25, 0.3) is 0 Å². The molecule has 1 nitrogen and oxygen atoms in total. The second kappa shape index (κ2) is 5.16. The summed E-state index contributed by atoms with van der Waals surface area (Å²) in [6, 6.07) is 0. The van der Waals surface area contributed by atoms with Gasteiger partial charge in [-0.3, -0.25) is 0 Å². The van der Waals surface area contributed by atoms with Crippen LogP contribution in [-0.2, 0) is 0 Å². The zero-order chi connectivity index (χ0) is 7.11. The van der Waals surface area contributed by atoms with Crippen molar-refractivity contribution in [3.63, 3.8) is 0 Å². The molecule has 0 spiro atoms. The maximum absolute atomic E-state index is 3.71. The van der Waals surface area contributed by atoms with Gasteiger partial charge in [0.15, 0.2) is 0 Å². The second-order valence-corrected chi connectivity index (χ2v) is 1.66. The molecule has 1 heteroatoms. The Kier molecular flexibility index (Phi) is 4.60. The van der Waals surface area contributed by atoms with Crippen LogP contribution >= 0.6 is 0 Å². The molecule has 1 N–H and O–H groups in total. The van der Waals surface area contributed by atoms with E-state index in [1.165, 1.54) is 0 Å². The Morgan fingerprint density at radius 3 is 2.56 bits per heavy atom. The van der Waals surface area contributed by atoms with Gasteiger partial charge < -0.3 is 5.32 Å². The Balaban J connectivity index is 3.57. The molecule has 0 aliphatic heterocycles. The molecular weight excluding hydrogens is 110 g/mol. The van der Waals surface area contributed by atoms with Crippen LogP contribution in [0, 0.1) is 0 Å². The van der Waals surface area contributed by atoms with Gasteiger partial charge >= 0.3 is 0 Å². The van der Waals surface area contributed by atoms with Gasteiger partial charge in [0.1, 0.15) is 0 Å². The number of likely N-dealkylation sites (N-methyl/N-ethyl adjacent to an activating group) is 1. The van der Waals surface area contributed by atoms with Crippen molar-refractivity contribution < 1.29 is 0 Å². The van der Waals surface area contributed by atoms with E-state index >= 15 is 0 Å². The van der Waals surface area contributed by atoms with E-state index in [-0.39, 0.29) is 0 Å². The van der Waals surface area contributed by atoms with Gasteiger partial charge in [-0.25, -0.2) is 0 Å². The van der Waals surface area contributed by atoms with Crippen LogP contribution in [0.1, 0.15) is 6.92 Å². The van der Waals surface area contributed by atoms with E-state index < -0.39 is 0 Å². The van der Waals surface area contributed by atoms with Crippen molar-refractivity contribution >= 4 is 0 Å². The average molecular weight is 123 g/mol. The zero-order valence-corrected chi connectivity index (χ0v) is 6.02. The maximum atomic E-state index is 3.71. The van der Waals surface area contributed by atoms with Gasteiger partial charge in [0.05, 0.1) is 0 Å². The lowest BCUT2D eigenvalue weighted by Crippen LogP contribution is -1.99. The van der Waals surface area contributed by atoms with Gasteiger partial charge in [-0.1, -0.05) is 24.8 Å². The Hall–Kier alpha value is -0.980. The van der Waals surface area contributed by atoms with Crippen LogP contribution in [0.3, 0.4) is 0 Å². The maximum Gasteiger partial charge on any atom is 0.0264 e. The number of rotatable bonds is 3. The number of hydrogen-bond donors (Lipinski definition) is 1. The highest BCUT2D eigenvalue weighted by Gasteiger charge is 1.73. The smallest absolute Gasteiger partial charge is 0.0264 e. The van der Waals surface area contributed by atoms with Crippen LogP contribution in [0.5, 0.6) is 0 Å². The van der Waals surface area contributed by atoms with Crippen molar-refractivity contribution in [2.45, 2.75) is 6.92 Å². The van der Waals surface area contributed by atoms with Crippen LogP contribution in [0.4, 0.5) is 0 Å². The normalized spacial score (nSPS) is 10.9. The Morgan fingerprint density at radius 1 is 1.44 bits per heavy atom. The summed E-state index contributed by atoms with van der Waals surface area (Å²) in [5.74, 6) is 0. The van der Waals surface area contributed by atoms with Crippen LogP contribution in [0.2, 0.25) is 0 Å². The number of allylic oxidation sites excluding steroid dienone is 4. The monoisotopic (exact) mass is 123 g/mol. The summed E-state index contributed by atoms with van der Waals surface area (Å²) in [5, 5.41) is 2.91. The summed E-state index contributed by atoms with van der Waals surface area (Å²) in [7, 11) is 1.85. The van der Waals surface area contributed by atoms with E-state index in [1.54, 1.807) is 0 Å². The van der Waals surface area contributed by atoms with E-state index in [0.29, 0.717) is 0 Å². The van der Waals surface area contributed by atoms with Gasteiger partial charge in [-0.05, 0) is 13.0 Å². The number of nitrogens with one attached hydrogen (secondary N) is 1. The Labute approximate surface area is 56.8 Å². The van der Waals surface area contributed by atoms with Crippen molar-refractivity contribution in [3.8, 4) is 0 Å². The third kappa shape index (κ3) is 4.88. The summed E-state index contributed by atoms with van der Waals surface area (Å²) in [6.07, 6.45) is 7.79. The molecule has 0 atom stereocenters. The minimum absolute atomic E-state index is 0.924. The average Bonchev–Trinajstić information content (AvgIpc) is 1.89. The van der Waals surface area contributed by atoms with E-state index in [1.807, 2.05) is 38.3 Å².